The van der Waals surface area contributed by atoms with Gasteiger partial charge >= 0.3 is 0 Å². The van der Waals surface area contributed by atoms with E-state index in [1.54, 1.807) is 26.0 Å². The van der Waals surface area contributed by atoms with Gasteiger partial charge in [-0.25, -0.2) is 13.1 Å². The molecular weight excluding hydrogens is 382 g/mol. The third-order valence-corrected chi connectivity index (χ3v) is 5.41. The second kappa shape index (κ2) is 9.59. The molecule has 0 bridgehead atoms. The lowest BCUT2D eigenvalue weighted by Crippen LogP contribution is -2.36. The van der Waals surface area contributed by atoms with Crippen molar-refractivity contribution in [2.24, 2.45) is 5.92 Å². The van der Waals surface area contributed by atoms with E-state index < -0.39 is 10.0 Å². The number of benzene rings is 2. The summed E-state index contributed by atoms with van der Waals surface area (Å²) in [6, 6.07) is 15.8. The van der Waals surface area contributed by atoms with Crippen molar-refractivity contribution in [3.63, 3.8) is 0 Å². The standard InChI is InChI=1S/C19H23N3O3S2/c1-14(2)18(23)22-19(26)21-16-8-10-17(11-9-16)27(24,25)20-13-12-15-6-4-3-5-7-15/h3-11,14,20H,12-13H2,1-2H3,(H2,21,22,23,26). The van der Waals surface area contributed by atoms with Crippen LogP contribution in [-0.2, 0) is 21.2 Å². The van der Waals surface area contributed by atoms with Crippen molar-refractivity contribution in [2.45, 2.75) is 25.2 Å². The van der Waals surface area contributed by atoms with Crippen LogP contribution in [0, 0.1) is 5.92 Å². The van der Waals surface area contributed by atoms with Crippen LogP contribution in [0.1, 0.15) is 19.4 Å². The van der Waals surface area contributed by atoms with Crippen LogP contribution in [0.3, 0.4) is 0 Å². The van der Waals surface area contributed by atoms with Crippen LogP contribution < -0.4 is 15.4 Å². The minimum absolute atomic E-state index is 0.165. The molecule has 6 nitrogen and oxygen atoms in total. The monoisotopic (exact) mass is 405 g/mol. The number of carbonyl (C=O) groups is 1. The van der Waals surface area contributed by atoms with Crippen molar-refractivity contribution in [3.8, 4) is 0 Å². The molecule has 3 N–H and O–H groups in total. The molecule has 144 valence electrons. The summed E-state index contributed by atoms with van der Waals surface area (Å²) >= 11 is 5.07. The van der Waals surface area contributed by atoms with E-state index in [0.717, 1.165) is 5.56 Å². The Morgan fingerprint density at radius 3 is 2.26 bits per heavy atom. The van der Waals surface area contributed by atoms with E-state index in [0.29, 0.717) is 18.7 Å². The average molecular weight is 406 g/mol. The summed E-state index contributed by atoms with van der Waals surface area (Å²) in [6.07, 6.45) is 0.615. The Labute approximate surface area is 165 Å². The Hall–Kier alpha value is -2.29. The Morgan fingerprint density at radius 1 is 1.04 bits per heavy atom. The fourth-order valence-electron chi connectivity index (χ4n) is 2.19. The smallest absolute Gasteiger partial charge is 0.240 e. The average Bonchev–Trinajstić information content (AvgIpc) is 2.62. The van der Waals surface area contributed by atoms with Crippen LogP contribution in [0.25, 0.3) is 0 Å². The normalized spacial score (nSPS) is 11.2. The van der Waals surface area contributed by atoms with Gasteiger partial charge in [0.15, 0.2) is 5.11 Å². The molecular formula is C19H23N3O3S2. The highest BCUT2D eigenvalue weighted by molar-refractivity contribution is 7.89. The molecule has 0 unspecified atom stereocenters. The molecule has 0 aliphatic carbocycles. The van der Waals surface area contributed by atoms with Crippen LogP contribution in [0.2, 0.25) is 0 Å². The first-order valence-electron chi connectivity index (χ1n) is 8.53. The zero-order valence-electron chi connectivity index (χ0n) is 15.2. The first-order chi connectivity index (χ1) is 12.8. The Balaban J connectivity index is 1.91. The van der Waals surface area contributed by atoms with Gasteiger partial charge in [0.1, 0.15) is 0 Å². The summed E-state index contributed by atoms with van der Waals surface area (Å²) in [5.74, 6) is -0.367. The molecule has 0 fully saturated rings. The molecule has 0 aliphatic rings. The highest BCUT2D eigenvalue weighted by Gasteiger charge is 2.14. The molecule has 0 heterocycles. The van der Waals surface area contributed by atoms with Crippen LogP contribution in [0.4, 0.5) is 5.69 Å². The van der Waals surface area contributed by atoms with Crippen LogP contribution in [-0.4, -0.2) is 26.0 Å². The number of sulfonamides is 1. The summed E-state index contributed by atoms with van der Waals surface area (Å²) in [7, 11) is -3.59. The summed E-state index contributed by atoms with van der Waals surface area (Å²) < 4.78 is 27.3. The molecule has 0 atom stereocenters. The lowest BCUT2D eigenvalue weighted by molar-refractivity contribution is -0.122. The van der Waals surface area contributed by atoms with E-state index in [2.05, 4.69) is 15.4 Å². The second-order valence-corrected chi connectivity index (χ2v) is 8.43. The third kappa shape index (κ3) is 6.74. The third-order valence-electron chi connectivity index (χ3n) is 3.73. The fourth-order valence-corrected chi connectivity index (χ4v) is 3.44. The molecule has 1 amide bonds. The summed E-state index contributed by atoms with van der Waals surface area (Å²) in [5, 5.41) is 5.59. The van der Waals surface area contributed by atoms with E-state index in [-0.39, 0.29) is 21.8 Å². The Kier molecular flexibility index (Phi) is 7.46. The van der Waals surface area contributed by atoms with Gasteiger partial charge in [0, 0.05) is 18.2 Å². The molecule has 27 heavy (non-hydrogen) atoms. The van der Waals surface area contributed by atoms with Gasteiger partial charge in [-0.15, -0.1) is 0 Å². The molecule has 0 saturated heterocycles. The second-order valence-electron chi connectivity index (χ2n) is 6.26. The quantitative estimate of drug-likeness (QED) is 0.617. The van der Waals surface area contributed by atoms with E-state index in [9.17, 15) is 13.2 Å². The number of thiocarbonyl (C=S) groups is 1. The molecule has 8 heteroatoms. The van der Waals surface area contributed by atoms with Gasteiger partial charge in [-0.3, -0.25) is 4.79 Å². The Bertz CT molecular complexity index is 880. The van der Waals surface area contributed by atoms with Gasteiger partial charge in [-0.1, -0.05) is 44.2 Å². The van der Waals surface area contributed by atoms with Crippen LogP contribution in [0.5, 0.6) is 0 Å². The predicted octanol–water partition coefficient (Wildman–Crippen LogP) is 2.68. The Morgan fingerprint density at radius 2 is 1.67 bits per heavy atom. The first-order valence-corrected chi connectivity index (χ1v) is 10.4. The van der Waals surface area contributed by atoms with Gasteiger partial charge in [0.2, 0.25) is 15.9 Å². The van der Waals surface area contributed by atoms with Gasteiger partial charge in [0.05, 0.1) is 4.90 Å². The SMILES string of the molecule is CC(C)C(=O)NC(=S)Nc1ccc(S(=O)(=O)NCCc2ccccc2)cc1. The maximum atomic E-state index is 12.4. The molecule has 0 saturated carbocycles. The van der Waals surface area contributed by atoms with Gasteiger partial charge in [-0.05, 0) is 48.5 Å². The summed E-state index contributed by atoms with van der Waals surface area (Å²) in [6.45, 7) is 3.85. The zero-order valence-corrected chi connectivity index (χ0v) is 16.9. The first kappa shape index (κ1) is 21.0. The van der Waals surface area contributed by atoms with E-state index in [1.165, 1.54) is 12.1 Å². The number of amides is 1. The molecule has 2 aromatic rings. The summed E-state index contributed by atoms with van der Waals surface area (Å²) in [4.78, 5) is 11.8. The van der Waals surface area contributed by atoms with Crippen molar-refractivity contribution < 1.29 is 13.2 Å². The molecule has 2 aromatic carbocycles. The lowest BCUT2D eigenvalue weighted by atomic mass is 10.2. The van der Waals surface area contributed by atoms with Crippen molar-refractivity contribution in [1.82, 2.24) is 10.0 Å². The van der Waals surface area contributed by atoms with E-state index in [1.807, 2.05) is 30.3 Å². The number of hydrogen-bond acceptors (Lipinski definition) is 4. The van der Waals surface area contributed by atoms with Crippen molar-refractivity contribution in [3.05, 3.63) is 60.2 Å². The van der Waals surface area contributed by atoms with Crippen LogP contribution in [0.15, 0.2) is 59.5 Å². The number of rotatable bonds is 7. The summed E-state index contributed by atoms with van der Waals surface area (Å²) in [5.41, 5.74) is 1.66. The maximum absolute atomic E-state index is 12.4. The predicted molar refractivity (Wildman–Crippen MR) is 111 cm³/mol. The minimum atomic E-state index is -3.59. The molecule has 0 aliphatic heterocycles. The highest BCUT2D eigenvalue weighted by atomic mass is 32.2. The van der Waals surface area contributed by atoms with Gasteiger partial charge in [-0.2, -0.15) is 0 Å². The highest BCUT2D eigenvalue weighted by Crippen LogP contribution is 2.14. The van der Waals surface area contributed by atoms with Crippen molar-refractivity contribution in [2.75, 3.05) is 11.9 Å². The minimum Gasteiger partial charge on any atom is -0.332 e. The maximum Gasteiger partial charge on any atom is 0.240 e. The van der Waals surface area contributed by atoms with Gasteiger partial charge < -0.3 is 10.6 Å². The van der Waals surface area contributed by atoms with Crippen molar-refractivity contribution in [1.29, 1.82) is 0 Å². The van der Waals surface area contributed by atoms with Crippen molar-refractivity contribution >= 4 is 38.9 Å². The van der Waals surface area contributed by atoms with Crippen LogP contribution >= 0.6 is 12.2 Å². The topological polar surface area (TPSA) is 87.3 Å². The molecule has 2 rings (SSSR count). The molecule has 0 radical (unpaired) electrons. The number of anilines is 1. The van der Waals surface area contributed by atoms with E-state index in [4.69, 9.17) is 12.2 Å². The van der Waals surface area contributed by atoms with E-state index >= 15 is 0 Å². The largest absolute Gasteiger partial charge is 0.332 e. The zero-order chi connectivity index (χ0) is 19.9. The number of hydrogen-bond donors (Lipinski definition) is 3. The lowest BCUT2D eigenvalue weighted by Gasteiger charge is -2.12. The molecule has 0 spiro atoms. The number of carbonyl (C=O) groups excluding carboxylic acids is 1. The van der Waals surface area contributed by atoms with Gasteiger partial charge in [0.25, 0.3) is 0 Å². The number of nitrogens with one attached hydrogen (secondary N) is 3. The molecule has 0 aromatic heterocycles. The fraction of sp³-hybridized carbons (Fsp3) is 0.263.